The molecular weight excluding hydrogens is 473 g/mol. The van der Waals surface area contributed by atoms with Crippen LogP contribution in [0.5, 0.6) is 5.75 Å². The second-order valence-electron chi connectivity index (χ2n) is 8.68. The molecule has 4 heterocycles. The van der Waals surface area contributed by atoms with Gasteiger partial charge in [0.1, 0.15) is 17.7 Å². The van der Waals surface area contributed by atoms with Crippen LogP contribution in [0.1, 0.15) is 5.56 Å². The number of nitrogens with zero attached hydrogens (tertiary/aromatic N) is 3. The number of aryl methyl sites for hydroxylation is 1. The van der Waals surface area contributed by atoms with Crippen LogP contribution in [0.15, 0.2) is 41.2 Å². The number of aliphatic hydroxyl groups excluding tert-OH is 1. The molecule has 3 N–H and O–H groups in total. The van der Waals surface area contributed by atoms with Gasteiger partial charge in [-0.15, -0.1) is 0 Å². The van der Waals surface area contributed by atoms with Crippen LogP contribution in [0.3, 0.4) is 0 Å². The number of aliphatic hydroxyl groups is 1. The van der Waals surface area contributed by atoms with Gasteiger partial charge in [0.25, 0.3) is 11.5 Å². The number of cyclic esters (lactones) is 1. The summed E-state index contributed by atoms with van der Waals surface area (Å²) in [6.07, 6.45) is -2.05. The molecule has 0 aliphatic carbocycles. The zero-order valence-electron chi connectivity index (χ0n) is 19.4. The molecule has 11 nitrogen and oxygen atoms in total. The number of nitrogens with one attached hydrogen (secondary N) is 2. The van der Waals surface area contributed by atoms with Gasteiger partial charge >= 0.3 is 6.09 Å². The predicted octanol–water partition coefficient (Wildman–Crippen LogP) is 0.922. The molecule has 2 aliphatic rings. The maximum atomic E-state index is 14.6. The number of amides is 2. The van der Waals surface area contributed by atoms with Gasteiger partial charge in [-0.3, -0.25) is 14.5 Å². The van der Waals surface area contributed by atoms with Crippen molar-refractivity contribution < 1.29 is 28.6 Å². The molecule has 5 rings (SSSR count). The zero-order chi connectivity index (χ0) is 25.4. The van der Waals surface area contributed by atoms with Crippen molar-refractivity contribution in [1.29, 1.82) is 0 Å². The number of carbonyl (C=O) groups is 2. The van der Waals surface area contributed by atoms with E-state index in [1.807, 2.05) is 0 Å². The Balaban J connectivity index is 1.19. The summed E-state index contributed by atoms with van der Waals surface area (Å²) in [6, 6.07) is 9.18. The molecule has 2 amide bonds. The Morgan fingerprint density at radius 1 is 1.22 bits per heavy atom. The highest BCUT2D eigenvalue weighted by molar-refractivity contribution is 5.95. The minimum atomic E-state index is -0.945. The van der Waals surface area contributed by atoms with E-state index in [0.717, 1.165) is 0 Å². The van der Waals surface area contributed by atoms with Crippen molar-refractivity contribution in [3.8, 4) is 5.75 Å². The van der Waals surface area contributed by atoms with Gasteiger partial charge in [0, 0.05) is 38.2 Å². The Bertz CT molecular complexity index is 1410. The van der Waals surface area contributed by atoms with Gasteiger partial charge in [0.2, 0.25) is 0 Å². The van der Waals surface area contributed by atoms with E-state index >= 15 is 0 Å². The number of benzene rings is 1. The number of pyridine rings is 2. The highest BCUT2D eigenvalue weighted by atomic mass is 19.1. The Hall–Kier alpha value is -4.03. The van der Waals surface area contributed by atoms with Crippen LogP contribution in [0.2, 0.25) is 0 Å². The van der Waals surface area contributed by atoms with Gasteiger partial charge < -0.3 is 29.8 Å². The fourth-order valence-corrected chi connectivity index (χ4v) is 4.38. The minimum absolute atomic E-state index is 0.00309. The largest absolute Gasteiger partial charge is 0.480 e. The number of carbonyl (C=O) groups excluding carboxylic acids is 2. The molecule has 0 saturated carbocycles. The van der Waals surface area contributed by atoms with Crippen LogP contribution in [0.25, 0.3) is 10.9 Å². The number of hydrogen-bond donors (Lipinski definition) is 3. The summed E-state index contributed by atoms with van der Waals surface area (Å²) in [5, 5.41) is 16.9. The Morgan fingerprint density at radius 3 is 2.86 bits per heavy atom. The topological polar surface area (TPSA) is 135 Å². The third-order valence-electron chi connectivity index (χ3n) is 6.13. The summed E-state index contributed by atoms with van der Waals surface area (Å²) in [4.78, 5) is 41.6. The average molecular weight is 497 g/mol. The molecule has 2 aromatic heterocycles. The van der Waals surface area contributed by atoms with Crippen LogP contribution < -0.4 is 25.8 Å². The molecule has 2 unspecified atom stereocenters. The first-order valence-corrected chi connectivity index (χ1v) is 11.4. The summed E-state index contributed by atoms with van der Waals surface area (Å²) in [7, 11) is 1.57. The lowest BCUT2D eigenvalue weighted by Gasteiger charge is -2.19. The highest BCUT2D eigenvalue weighted by Gasteiger charge is 2.34. The molecule has 0 spiro atoms. The Kier molecular flexibility index (Phi) is 6.29. The van der Waals surface area contributed by atoms with Crippen LogP contribution in [-0.4, -0.2) is 65.1 Å². The summed E-state index contributed by atoms with van der Waals surface area (Å²) in [5.41, 5.74) is 0.439. The lowest BCUT2D eigenvalue weighted by atomic mass is 10.0. The van der Waals surface area contributed by atoms with Crippen molar-refractivity contribution in [2.24, 2.45) is 7.05 Å². The molecule has 2 aliphatic heterocycles. The normalized spacial score (nSPS) is 18.0. The number of halogens is 1. The molecule has 0 bridgehead atoms. The lowest BCUT2D eigenvalue weighted by molar-refractivity contribution is -0.118. The van der Waals surface area contributed by atoms with Crippen molar-refractivity contribution in [3.63, 3.8) is 0 Å². The number of anilines is 2. The lowest BCUT2D eigenvalue weighted by Crippen LogP contribution is -2.36. The fourth-order valence-electron chi connectivity index (χ4n) is 4.38. The van der Waals surface area contributed by atoms with Gasteiger partial charge in [-0.25, -0.2) is 14.2 Å². The molecular formula is C24H24FN5O6. The van der Waals surface area contributed by atoms with E-state index in [1.54, 1.807) is 31.3 Å². The van der Waals surface area contributed by atoms with Gasteiger partial charge in [-0.2, -0.15) is 0 Å². The van der Waals surface area contributed by atoms with Gasteiger partial charge in [0.05, 0.1) is 18.2 Å². The van der Waals surface area contributed by atoms with Crippen LogP contribution >= 0.6 is 0 Å². The summed E-state index contributed by atoms with van der Waals surface area (Å²) in [5.74, 6) is 0.133. The first-order chi connectivity index (χ1) is 17.3. The number of fused-ring (bicyclic) bond motifs is 2. The quantitative estimate of drug-likeness (QED) is 0.439. The Morgan fingerprint density at radius 2 is 2.03 bits per heavy atom. The molecule has 2 atom stereocenters. The zero-order valence-corrected chi connectivity index (χ0v) is 19.4. The summed E-state index contributed by atoms with van der Waals surface area (Å²) in [6.45, 7) is 0.485. The molecule has 1 saturated heterocycles. The molecule has 0 radical (unpaired) electrons. The second-order valence-corrected chi connectivity index (χ2v) is 8.68. The van der Waals surface area contributed by atoms with E-state index in [1.165, 1.54) is 21.6 Å². The standard InChI is InChI=1S/C24H24FN5O6/c1-29-21(33)7-3-13-2-4-17(25)16(22(13)29)8-14(31)9-26-10-15-11-30(24(34)36-15)19-6-5-18-23(27-19)28-20(32)12-35-18/h2-7,14-15,26,31H,8-12H2,1H3,(H,27,28,32). The van der Waals surface area contributed by atoms with Gasteiger partial charge in [0.15, 0.2) is 18.2 Å². The van der Waals surface area contributed by atoms with E-state index in [4.69, 9.17) is 9.47 Å². The third-order valence-corrected chi connectivity index (χ3v) is 6.13. The van der Waals surface area contributed by atoms with E-state index in [2.05, 4.69) is 15.6 Å². The predicted molar refractivity (Wildman–Crippen MR) is 128 cm³/mol. The van der Waals surface area contributed by atoms with Crippen LogP contribution in [0, 0.1) is 5.82 Å². The van der Waals surface area contributed by atoms with Crippen molar-refractivity contribution in [2.45, 2.75) is 18.6 Å². The number of rotatable bonds is 7. The first kappa shape index (κ1) is 23.7. The Labute approximate surface area is 204 Å². The van der Waals surface area contributed by atoms with Crippen molar-refractivity contribution in [2.75, 3.05) is 36.5 Å². The monoisotopic (exact) mass is 497 g/mol. The smallest absolute Gasteiger partial charge is 0.416 e. The van der Waals surface area contributed by atoms with Gasteiger partial charge in [-0.05, 0) is 35.7 Å². The van der Waals surface area contributed by atoms with E-state index in [9.17, 15) is 23.9 Å². The molecule has 36 heavy (non-hydrogen) atoms. The van der Waals surface area contributed by atoms with E-state index in [-0.39, 0.29) is 55.5 Å². The third kappa shape index (κ3) is 4.60. The van der Waals surface area contributed by atoms with Crippen LogP contribution in [-0.2, 0) is 23.0 Å². The average Bonchev–Trinajstić information content (AvgIpc) is 3.22. The van der Waals surface area contributed by atoms with Crippen molar-refractivity contribution in [3.05, 3.63) is 58.1 Å². The number of ether oxygens (including phenoxy) is 2. The maximum absolute atomic E-state index is 14.6. The number of aromatic nitrogens is 2. The molecule has 188 valence electrons. The maximum Gasteiger partial charge on any atom is 0.416 e. The molecule has 1 fully saturated rings. The van der Waals surface area contributed by atoms with Crippen LogP contribution in [0.4, 0.5) is 20.8 Å². The summed E-state index contributed by atoms with van der Waals surface area (Å²) >= 11 is 0. The SMILES string of the molecule is Cn1c(=O)ccc2ccc(F)c(CC(O)CNCC3CN(c4ccc5c(n4)NC(=O)CO5)C(=O)O3)c21. The van der Waals surface area contributed by atoms with E-state index in [0.29, 0.717) is 22.5 Å². The minimum Gasteiger partial charge on any atom is -0.480 e. The molecule has 3 aromatic rings. The summed E-state index contributed by atoms with van der Waals surface area (Å²) < 4.78 is 26.6. The van der Waals surface area contributed by atoms with Gasteiger partial charge in [-0.1, -0.05) is 0 Å². The molecule has 1 aromatic carbocycles. The van der Waals surface area contributed by atoms with E-state index < -0.39 is 24.1 Å². The van der Waals surface area contributed by atoms with Crippen molar-refractivity contribution >= 4 is 34.5 Å². The second kappa shape index (κ2) is 9.55. The number of hydrogen-bond acceptors (Lipinski definition) is 8. The fraction of sp³-hybridized carbons (Fsp3) is 0.333. The first-order valence-electron chi connectivity index (χ1n) is 11.4. The highest BCUT2D eigenvalue weighted by Crippen LogP contribution is 2.30. The van der Waals surface area contributed by atoms with Crippen molar-refractivity contribution in [1.82, 2.24) is 14.9 Å². The molecule has 12 heteroatoms.